The zero-order valence-corrected chi connectivity index (χ0v) is 13.4. The lowest BCUT2D eigenvalue weighted by molar-refractivity contribution is -0.0612. The maximum atomic E-state index is 6.24. The molecule has 118 valence electrons. The summed E-state index contributed by atoms with van der Waals surface area (Å²) in [6, 6.07) is 2.19. The van der Waals surface area contributed by atoms with Crippen LogP contribution in [0.25, 0.3) is 0 Å². The molecule has 1 heterocycles. The SMILES string of the molecule is CCCNC(Cc1cnccc1N)C1(OCC)CCCC1. The monoisotopic (exact) mass is 291 g/mol. The van der Waals surface area contributed by atoms with E-state index in [2.05, 4.69) is 24.1 Å². The summed E-state index contributed by atoms with van der Waals surface area (Å²) in [5.74, 6) is 0. The molecule has 1 unspecified atom stereocenters. The molecule has 1 aromatic rings. The fourth-order valence-electron chi connectivity index (χ4n) is 3.45. The van der Waals surface area contributed by atoms with Crippen LogP contribution in [0.2, 0.25) is 0 Å². The largest absolute Gasteiger partial charge is 0.398 e. The molecule has 4 nitrogen and oxygen atoms in total. The van der Waals surface area contributed by atoms with Crippen LogP contribution in [0.5, 0.6) is 0 Å². The average Bonchev–Trinajstić information content (AvgIpc) is 2.95. The van der Waals surface area contributed by atoms with E-state index in [1.807, 2.05) is 12.3 Å². The average molecular weight is 291 g/mol. The third kappa shape index (κ3) is 3.95. The Balaban J connectivity index is 2.18. The summed E-state index contributed by atoms with van der Waals surface area (Å²) in [5.41, 5.74) is 8.02. The first kappa shape index (κ1) is 16.2. The zero-order valence-electron chi connectivity index (χ0n) is 13.4. The number of anilines is 1. The van der Waals surface area contributed by atoms with Crippen molar-refractivity contribution in [2.24, 2.45) is 0 Å². The zero-order chi connectivity index (χ0) is 15.1. The van der Waals surface area contributed by atoms with Crippen LogP contribution >= 0.6 is 0 Å². The lowest BCUT2D eigenvalue weighted by Gasteiger charge is -2.38. The van der Waals surface area contributed by atoms with Gasteiger partial charge in [0.25, 0.3) is 0 Å². The minimum absolute atomic E-state index is 0.0355. The van der Waals surface area contributed by atoms with Crippen LogP contribution < -0.4 is 11.1 Å². The van der Waals surface area contributed by atoms with E-state index >= 15 is 0 Å². The minimum atomic E-state index is -0.0355. The van der Waals surface area contributed by atoms with Gasteiger partial charge in [-0.1, -0.05) is 19.8 Å². The van der Waals surface area contributed by atoms with E-state index in [4.69, 9.17) is 10.5 Å². The van der Waals surface area contributed by atoms with Gasteiger partial charge >= 0.3 is 0 Å². The summed E-state index contributed by atoms with van der Waals surface area (Å²) in [6.45, 7) is 6.08. The summed E-state index contributed by atoms with van der Waals surface area (Å²) < 4.78 is 6.24. The highest BCUT2D eigenvalue weighted by atomic mass is 16.5. The standard InChI is InChI=1S/C17H29N3O/c1-3-10-20-16(12-14-13-19-11-7-15(14)18)17(21-4-2)8-5-6-9-17/h7,11,13,16,20H,3-6,8-10,12H2,1-2H3,(H2,18,19). The summed E-state index contributed by atoms with van der Waals surface area (Å²) in [5, 5.41) is 3.70. The van der Waals surface area contributed by atoms with Crippen LogP contribution in [0.15, 0.2) is 18.5 Å². The van der Waals surface area contributed by atoms with Gasteiger partial charge in [-0.3, -0.25) is 4.98 Å². The summed E-state index contributed by atoms with van der Waals surface area (Å²) >= 11 is 0. The predicted octanol–water partition coefficient (Wildman–Crippen LogP) is 2.92. The molecular weight excluding hydrogens is 262 g/mol. The van der Waals surface area contributed by atoms with Crippen LogP contribution in [-0.4, -0.2) is 29.8 Å². The number of nitrogens with two attached hydrogens (primary N) is 1. The van der Waals surface area contributed by atoms with Gasteiger partial charge in [-0.2, -0.15) is 0 Å². The molecule has 0 saturated heterocycles. The second kappa shape index (κ2) is 7.76. The summed E-state index contributed by atoms with van der Waals surface area (Å²) in [6.07, 6.45) is 10.5. The molecule has 1 saturated carbocycles. The molecule has 0 aliphatic heterocycles. The maximum absolute atomic E-state index is 6.24. The predicted molar refractivity (Wildman–Crippen MR) is 87.3 cm³/mol. The molecule has 1 atom stereocenters. The number of hydrogen-bond donors (Lipinski definition) is 2. The highest BCUT2D eigenvalue weighted by Gasteiger charge is 2.41. The van der Waals surface area contributed by atoms with E-state index in [9.17, 15) is 0 Å². The third-order valence-corrected chi connectivity index (χ3v) is 4.52. The lowest BCUT2D eigenvalue weighted by atomic mass is 9.87. The number of pyridine rings is 1. The fourth-order valence-corrected chi connectivity index (χ4v) is 3.45. The van der Waals surface area contributed by atoms with Gasteiger partial charge in [0.1, 0.15) is 0 Å². The Labute approximate surface area is 128 Å². The number of aromatic nitrogens is 1. The summed E-state index contributed by atoms with van der Waals surface area (Å²) in [4.78, 5) is 4.23. The second-order valence-electron chi connectivity index (χ2n) is 5.99. The van der Waals surface area contributed by atoms with Crippen LogP contribution in [0.4, 0.5) is 5.69 Å². The normalized spacial score (nSPS) is 18.8. The van der Waals surface area contributed by atoms with Crippen LogP contribution in [0, 0.1) is 0 Å². The van der Waals surface area contributed by atoms with Gasteiger partial charge in [0.2, 0.25) is 0 Å². The van der Waals surface area contributed by atoms with E-state index in [0.29, 0.717) is 6.04 Å². The number of nitrogens with one attached hydrogen (secondary N) is 1. The molecule has 1 aliphatic rings. The molecule has 3 N–H and O–H groups in total. The van der Waals surface area contributed by atoms with E-state index in [-0.39, 0.29) is 5.60 Å². The smallest absolute Gasteiger partial charge is 0.0837 e. The Morgan fingerprint density at radius 1 is 1.38 bits per heavy atom. The molecule has 0 spiro atoms. The molecule has 21 heavy (non-hydrogen) atoms. The molecule has 1 fully saturated rings. The van der Waals surface area contributed by atoms with Crippen molar-refractivity contribution in [1.29, 1.82) is 0 Å². The molecule has 2 rings (SSSR count). The Morgan fingerprint density at radius 3 is 2.76 bits per heavy atom. The van der Waals surface area contributed by atoms with Crippen molar-refractivity contribution in [1.82, 2.24) is 10.3 Å². The van der Waals surface area contributed by atoms with E-state index in [1.54, 1.807) is 6.20 Å². The molecule has 0 bridgehead atoms. The highest BCUT2D eigenvalue weighted by Crippen LogP contribution is 2.37. The van der Waals surface area contributed by atoms with Crippen LogP contribution in [-0.2, 0) is 11.2 Å². The number of nitrogen functional groups attached to an aromatic ring is 1. The van der Waals surface area contributed by atoms with E-state index in [1.165, 1.54) is 12.8 Å². The fraction of sp³-hybridized carbons (Fsp3) is 0.706. The maximum Gasteiger partial charge on any atom is 0.0837 e. The van der Waals surface area contributed by atoms with Crippen LogP contribution in [0.3, 0.4) is 0 Å². The Kier molecular flexibility index (Phi) is 6.00. The quantitative estimate of drug-likeness (QED) is 0.773. The molecule has 4 heteroatoms. The van der Waals surface area contributed by atoms with Gasteiger partial charge in [-0.25, -0.2) is 0 Å². The van der Waals surface area contributed by atoms with Gasteiger partial charge in [-0.15, -0.1) is 0 Å². The molecule has 0 amide bonds. The first-order chi connectivity index (χ1) is 10.2. The van der Waals surface area contributed by atoms with Crippen molar-refractivity contribution in [3.8, 4) is 0 Å². The van der Waals surface area contributed by atoms with Crippen molar-refractivity contribution >= 4 is 5.69 Å². The van der Waals surface area contributed by atoms with Crippen molar-refractivity contribution < 1.29 is 4.74 Å². The lowest BCUT2D eigenvalue weighted by Crippen LogP contribution is -2.52. The number of nitrogens with zero attached hydrogens (tertiary/aromatic N) is 1. The van der Waals surface area contributed by atoms with E-state index < -0.39 is 0 Å². The number of ether oxygens (including phenoxy) is 1. The van der Waals surface area contributed by atoms with E-state index in [0.717, 1.165) is 50.1 Å². The third-order valence-electron chi connectivity index (χ3n) is 4.52. The molecule has 0 aromatic carbocycles. The van der Waals surface area contributed by atoms with Gasteiger partial charge in [0, 0.05) is 30.7 Å². The minimum Gasteiger partial charge on any atom is -0.398 e. The van der Waals surface area contributed by atoms with Gasteiger partial charge in [-0.05, 0) is 50.8 Å². The van der Waals surface area contributed by atoms with Crippen molar-refractivity contribution in [3.63, 3.8) is 0 Å². The number of rotatable bonds is 8. The van der Waals surface area contributed by atoms with Gasteiger partial charge in [0.05, 0.1) is 5.60 Å². The summed E-state index contributed by atoms with van der Waals surface area (Å²) in [7, 11) is 0. The topological polar surface area (TPSA) is 60.2 Å². The first-order valence-electron chi connectivity index (χ1n) is 8.27. The molecule has 1 aliphatic carbocycles. The Morgan fingerprint density at radius 2 is 2.14 bits per heavy atom. The second-order valence-corrected chi connectivity index (χ2v) is 5.99. The van der Waals surface area contributed by atoms with Crippen molar-refractivity contribution in [2.75, 3.05) is 18.9 Å². The first-order valence-corrected chi connectivity index (χ1v) is 8.27. The molecule has 0 radical (unpaired) electrons. The van der Waals surface area contributed by atoms with Gasteiger partial charge < -0.3 is 15.8 Å². The number of hydrogen-bond acceptors (Lipinski definition) is 4. The molecular formula is C17H29N3O. The van der Waals surface area contributed by atoms with Crippen molar-refractivity contribution in [3.05, 3.63) is 24.0 Å². The highest BCUT2D eigenvalue weighted by molar-refractivity contribution is 5.44. The van der Waals surface area contributed by atoms with Crippen LogP contribution in [0.1, 0.15) is 51.5 Å². The Hall–Kier alpha value is -1.13. The molecule has 1 aromatic heterocycles. The van der Waals surface area contributed by atoms with Gasteiger partial charge in [0.15, 0.2) is 0 Å². The Bertz CT molecular complexity index is 430. The van der Waals surface area contributed by atoms with Crippen molar-refractivity contribution in [2.45, 2.75) is 64.0 Å².